The van der Waals surface area contributed by atoms with Crippen molar-refractivity contribution in [3.63, 3.8) is 0 Å². The molecule has 0 N–H and O–H groups in total. The number of sulfonamides is 1. The van der Waals surface area contributed by atoms with E-state index in [9.17, 15) is 13.2 Å². The van der Waals surface area contributed by atoms with Crippen LogP contribution in [0.5, 0.6) is 5.75 Å². The maximum Gasteiger partial charge on any atom is 0.254 e. The molecule has 2 rings (SSSR count). The first-order chi connectivity index (χ1) is 11.1. The smallest absolute Gasteiger partial charge is 0.254 e. The van der Waals surface area contributed by atoms with Gasteiger partial charge < -0.3 is 14.4 Å². The van der Waals surface area contributed by atoms with Crippen molar-refractivity contribution in [3.8, 4) is 5.75 Å². The Hall–Kier alpha value is -1.64. The van der Waals surface area contributed by atoms with Crippen LogP contribution in [0.1, 0.15) is 24.2 Å². The third-order valence-corrected chi connectivity index (χ3v) is 5.90. The minimum atomic E-state index is -3.72. The number of rotatable bonds is 4. The first-order valence-electron chi connectivity index (χ1n) is 7.61. The number of hydrogen-bond acceptors (Lipinski definition) is 5. The summed E-state index contributed by atoms with van der Waals surface area (Å²) in [5.74, 6) is -0.0114. The number of morpholine rings is 1. The van der Waals surface area contributed by atoms with Crippen molar-refractivity contribution < 1.29 is 22.7 Å². The van der Waals surface area contributed by atoms with Crippen LogP contribution in [0, 0.1) is 0 Å². The first-order valence-corrected chi connectivity index (χ1v) is 9.05. The molecule has 8 heteroatoms. The lowest BCUT2D eigenvalue weighted by Crippen LogP contribution is -2.55. The molecule has 0 spiro atoms. The molecule has 0 atom stereocenters. The minimum Gasteiger partial charge on any atom is -0.495 e. The zero-order valence-electron chi connectivity index (χ0n) is 14.7. The fourth-order valence-electron chi connectivity index (χ4n) is 2.60. The van der Waals surface area contributed by atoms with Gasteiger partial charge in [0.15, 0.2) is 0 Å². The molecule has 0 aliphatic carbocycles. The topological polar surface area (TPSA) is 76.1 Å². The molecule has 1 aromatic carbocycles. The molecule has 1 saturated heterocycles. The normalized spacial score (nSPS) is 17.8. The van der Waals surface area contributed by atoms with Crippen molar-refractivity contribution in [2.24, 2.45) is 0 Å². The molecule has 1 aliphatic heterocycles. The number of ether oxygens (including phenoxy) is 2. The van der Waals surface area contributed by atoms with Crippen molar-refractivity contribution in [1.29, 1.82) is 0 Å². The Morgan fingerprint density at radius 1 is 1.33 bits per heavy atom. The number of methoxy groups -OCH3 is 1. The van der Waals surface area contributed by atoms with Crippen LogP contribution in [0.15, 0.2) is 23.1 Å². The Morgan fingerprint density at radius 2 is 2.00 bits per heavy atom. The van der Waals surface area contributed by atoms with E-state index in [2.05, 4.69) is 0 Å². The zero-order chi connectivity index (χ0) is 18.1. The van der Waals surface area contributed by atoms with Crippen LogP contribution in [0.2, 0.25) is 0 Å². The van der Waals surface area contributed by atoms with Crippen LogP contribution in [-0.4, -0.2) is 70.0 Å². The number of hydrogen-bond donors (Lipinski definition) is 0. The monoisotopic (exact) mass is 356 g/mol. The highest BCUT2D eigenvalue weighted by atomic mass is 32.2. The Labute approximate surface area is 143 Å². The van der Waals surface area contributed by atoms with Crippen LogP contribution < -0.4 is 4.74 Å². The van der Waals surface area contributed by atoms with Crippen LogP contribution in [0.3, 0.4) is 0 Å². The molecule has 7 nitrogen and oxygen atoms in total. The van der Waals surface area contributed by atoms with E-state index in [1.165, 1.54) is 33.3 Å². The Morgan fingerprint density at radius 3 is 2.54 bits per heavy atom. The van der Waals surface area contributed by atoms with E-state index >= 15 is 0 Å². The molecule has 0 radical (unpaired) electrons. The lowest BCUT2D eigenvalue weighted by Gasteiger charge is -2.42. The van der Waals surface area contributed by atoms with Gasteiger partial charge in [-0.15, -0.1) is 0 Å². The number of benzene rings is 1. The summed E-state index contributed by atoms with van der Waals surface area (Å²) in [6.07, 6.45) is 0. The highest BCUT2D eigenvalue weighted by Gasteiger charge is 2.35. The van der Waals surface area contributed by atoms with Crippen molar-refractivity contribution in [3.05, 3.63) is 23.8 Å². The van der Waals surface area contributed by atoms with Crippen molar-refractivity contribution >= 4 is 15.9 Å². The van der Waals surface area contributed by atoms with Crippen LogP contribution in [0.25, 0.3) is 0 Å². The summed E-state index contributed by atoms with van der Waals surface area (Å²) in [5.41, 5.74) is -0.137. The zero-order valence-corrected chi connectivity index (χ0v) is 15.5. The largest absolute Gasteiger partial charge is 0.495 e. The lowest BCUT2D eigenvalue weighted by molar-refractivity contribution is -0.0370. The Balaban J connectivity index is 2.47. The maximum absolute atomic E-state index is 12.9. The van der Waals surface area contributed by atoms with Gasteiger partial charge in [-0.3, -0.25) is 4.79 Å². The first kappa shape index (κ1) is 18.7. The molecule has 1 heterocycles. The second kappa shape index (κ2) is 6.70. The number of amides is 1. The quantitative estimate of drug-likeness (QED) is 0.810. The van der Waals surface area contributed by atoms with Gasteiger partial charge in [0.25, 0.3) is 5.91 Å². The van der Waals surface area contributed by atoms with Gasteiger partial charge in [-0.2, -0.15) is 0 Å². The van der Waals surface area contributed by atoms with Gasteiger partial charge in [-0.25, -0.2) is 12.7 Å². The lowest BCUT2D eigenvalue weighted by atomic mass is 10.0. The molecule has 0 saturated carbocycles. The van der Waals surface area contributed by atoms with Gasteiger partial charge in [0.1, 0.15) is 10.6 Å². The van der Waals surface area contributed by atoms with Crippen molar-refractivity contribution in [2.45, 2.75) is 24.3 Å². The summed E-state index contributed by atoms with van der Waals surface area (Å²) in [5, 5.41) is 0. The third kappa shape index (κ3) is 3.40. The highest BCUT2D eigenvalue weighted by Crippen LogP contribution is 2.29. The standard InChI is InChI=1S/C16H24N2O5S/c1-16(2)11-23-9-8-18(16)15(19)12-6-7-13(22-5)14(10-12)24(20,21)17(3)4/h6-7,10H,8-9,11H2,1-5H3. The predicted molar refractivity (Wildman–Crippen MR) is 89.8 cm³/mol. The van der Waals surface area contributed by atoms with E-state index in [4.69, 9.17) is 9.47 Å². The fourth-order valence-corrected chi connectivity index (χ4v) is 3.67. The molecule has 1 amide bonds. The summed E-state index contributed by atoms with van der Waals surface area (Å²) >= 11 is 0. The summed E-state index contributed by atoms with van der Waals surface area (Å²) < 4.78 is 36.7. The van der Waals surface area contributed by atoms with E-state index in [0.717, 1.165) is 4.31 Å². The molecule has 24 heavy (non-hydrogen) atoms. The SMILES string of the molecule is COc1ccc(C(=O)N2CCOCC2(C)C)cc1S(=O)(=O)N(C)C. The van der Waals surface area contributed by atoms with Gasteiger partial charge in [-0.05, 0) is 32.0 Å². The maximum atomic E-state index is 12.9. The number of nitrogens with zero attached hydrogens (tertiary/aromatic N) is 2. The van der Waals surface area contributed by atoms with Gasteiger partial charge in [0, 0.05) is 26.2 Å². The summed E-state index contributed by atoms with van der Waals surface area (Å²) in [7, 11) is 0.555. The molecule has 1 aliphatic rings. The van der Waals surface area contributed by atoms with Gasteiger partial charge in [-0.1, -0.05) is 0 Å². The minimum absolute atomic E-state index is 0.0214. The second-order valence-corrected chi connectivity index (χ2v) is 8.60. The van der Waals surface area contributed by atoms with Gasteiger partial charge >= 0.3 is 0 Å². The number of carbonyl (C=O) groups excluding carboxylic acids is 1. The van der Waals surface area contributed by atoms with Crippen LogP contribution >= 0.6 is 0 Å². The molecule has 1 aromatic rings. The highest BCUT2D eigenvalue weighted by molar-refractivity contribution is 7.89. The van der Waals surface area contributed by atoms with Gasteiger partial charge in [0.05, 0.1) is 25.9 Å². The Bertz CT molecular complexity index is 728. The molecule has 0 aromatic heterocycles. The van der Waals surface area contributed by atoms with Gasteiger partial charge in [0.2, 0.25) is 10.0 Å². The molecular weight excluding hydrogens is 332 g/mol. The average molecular weight is 356 g/mol. The second-order valence-electron chi connectivity index (χ2n) is 6.47. The molecular formula is C16H24N2O5S. The summed E-state index contributed by atoms with van der Waals surface area (Å²) in [6, 6.07) is 4.47. The number of carbonyl (C=O) groups is 1. The predicted octanol–water partition coefficient (Wildman–Crippen LogP) is 1.20. The fraction of sp³-hybridized carbons (Fsp3) is 0.562. The van der Waals surface area contributed by atoms with Crippen molar-refractivity contribution in [2.75, 3.05) is 41.0 Å². The van der Waals surface area contributed by atoms with E-state index in [1.807, 2.05) is 13.8 Å². The van der Waals surface area contributed by atoms with E-state index in [1.54, 1.807) is 11.0 Å². The average Bonchev–Trinajstić information content (AvgIpc) is 2.53. The van der Waals surface area contributed by atoms with E-state index < -0.39 is 15.6 Å². The summed E-state index contributed by atoms with van der Waals surface area (Å²) in [4.78, 5) is 14.6. The van der Waals surface area contributed by atoms with E-state index in [0.29, 0.717) is 25.3 Å². The Kier molecular flexibility index (Phi) is 5.22. The molecule has 0 unspecified atom stereocenters. The molecule has 0 bridgehead atoms. The van der Waals surface area contributed by atoms with Crippen LogP contribution in [-0.2, 0) is 14.8 Å². The van der Waals surface area contributed by atoms with Crippen molar-refractivity contribution in [1.82, 2.24) is 9.21 Å². The van der Waals surface area contributed by atoms with E-state index in [-0.39, 0.29) is 16.6 Å². The van der Waals surface area contributed by atoms with Crippen LogP contribution in [0.4, 0.5) is 0 Å². The third-order valence-electron chi connectivity index (χ3n) is 4.06. The molecule has 1 fully saturated rings. The summed E-state index contributed by atoms with van der Waals surface area (Å²) in [6.45, 7) is 5.22. The molecule has 134 valence electrons.